The summed E-state index contributed by atoms with van der Waals surface area (Å²) < 4.78 is 0. The van der Waals surface area contributed by atoms with E-state index in [1.54, 1.807) is 0 Å². The van der Waals surface area contributed by atoms with Gasteiger partial charge in [-0.25, -0.2) is 0 Å². The van der Waals surface area contributed by atoms with Crippen molar-refractivity contribution in [1.82, 2.24) is 10.6 Å². The summed E-state index contributed by atoms with van der Waals surface area (Å²) in [6.45, 7) is 5.68. The standard InChI is InChI=1S/C7H14N2/c1-7(2)6-3-5(9-6)4-8-7/h5-6,8-9H,3-4H2,1-2H3. The van der Waals surface area contributed by atoms with Gasteiger partial charge in [0.2, 0.25) is 0 Å². The van der Waals surface area contributed by atoms with Gasteiger partial charge in [0.15, 0.2) is 0 Å². The van der Waals surface area contributed by atoms with Crippen LogP contribution in [-0.4, -0.2) is 24.2 Å². The number of hydrogen-bond donors (Lipinski definition) is 2. The summed E-state index contributed by atoms with van der Waals surface area (Å²) in [6.07, 6.45) is 1.38. The van der Waals surface area contributed by atoms with Crippen molar-refractivity contribution in [3.05, 3.63) is 0 Å². The third-order valence-corrected chi connectivity index (χ3v) is 2.63. The normalized spacial score (nSPS) is 46.0. The maximum atomic E-state index is 3.51. The van der Waals surface area contributed by atoms with Crippen molar-refractivity contribution in [3.8, 4) is 0 Å². The van der Waals surface area contributed by atoms with Crippen molar-refractivity contribution < 1.29 is 0 Å². The van der Waals surface area contributed by atoms with Crippen LogP contribution in [0.5, 0.6) is 0 Å². The Morgan fingerprint density at radius 2 is 2.11 bits per heavy atom. The minimum Gasteiger partial charge on any atom is -0.309 e. The molecule has 3 saturated heterocycles. The first-order chi connectivity index (χ1) is 4.18. The van der Waals surface area contributed by atoms with Gasteiger partial charge < -0.3 is 10.6 Å². The molecule has 2 unspecified atom stereocenters. The largest absolute Gasteiger partial charge is 0.309 e. The highest BCUT2D eigenvalue weighted by atomic mass is 15.2. The first-order valence-electron chi connectivity index (χ1n) is 3.69. The number of piperidine rings is 1. The molecule has 3 rings (SSSR count). The molecule has 0 aromatic rings. The van der Waals surface area contributed by atoms with Crippen molar-refractivity contribution >= 4 is 0 Å². The molecule has 0 spiro atoms. The summed E-state index contributed by atoms with van der Waals surface area (Å²) in [5.41, 5.74) is 0.342. The van der Waals surface area contributed by atoms with E-state index in [-0.39, 0.29) is 0 Å². The van der Waals surface area contributed by atoms with Crippen LogP contribution in [0.4, 0.5) is 0 Å². The van der Waals surface area contributed by atoms with Crippen molar-refractivity contribution in [3.63, 3.8) is 0 Å². The Kier molecular flexibility index (Phi) is 0.945. The summed E-state index contributed by atoms with van der Waals surface area (Å²) in [5.74, 6) is 0. The molecule has 0 aliphatic carbocycles. The van der Waals surface area contributed by atoms with E-state index in [1.807, 2.05) is 0 Å². The molecule has 0 saturated carbocycles. The quantitative estimate of drug-likeness (QED) is 0.481. The number of piperazine rings is 1. The molecule has 2 heteroatoms. The van der Waals surface area contributed by atoms with E-state index in [1.165, 1.54) is 6.42 Å². The minimum absolute atomic E-state index is 0.342. The predicted molar refractivity (Wildman–Crippen MR) is 37.4 cm³/mol. The van der Waals surface area contributed by atoms with E-state index in [2.05, 4.69) is 24.5 Å². The third-order valence-electron chi connectivity index (χ3n) is 2.63. The lowest BCUT2D eigenvalue weighted by Gasteiger charge is -2.53. The summed E-state index contributed by atoms with van der Waals surface area (Å²) in [4.78, 5) is 0. The lowest BCUT2D eigenvalue weighted by molar-refractivity contribution is 0.0930. The highest BCUT2D eigenvalue weighted by Gasteiger charge is 2.43. The van der Waals surface area contributed by atoms with Gasteiger partial charge in [-0.05, 0) is 20.3 Å². The zero-order valence-electron chi connectivity index (χ0n) is 6.07. The van der Waals surface area contributed by atoms with E-state index in [9.17, 15) is 0 Å². The SMILES string of the molecule is CC1(C)NCC2CC1N2. The maximum absolute atomic E-state index is 3.51. The van der Waals surface area contributed by atoms with Crippen molar-refractivity contribution in [2.24, 2.45) is 0 Å². The smallest absolute Gasteiger partial charge is 0.0279 e. The topological polar surface area (TPSA) is 24.1 Å². The van der Waals surface area contributed by atoms with Crippen LogP contribution in [0.15, 0.2) is 0 Å². The van der Waals surface area contributed by atoms with E-state index in [0.717, 1.165) is 18.6 Å². The van der Waals surface area contributed by atoms with Gasteiger partial charge >= 0.3 is 0 Å². The Morgan fingerprint density at radius 3 is 2.33 bits per heavy atom. The Morgan fingerprint density at radius 1 is 1.44 bits per heavy atom. The first kappa shape index (κ1) is 5.69. The molecule has 2 N–H and O–H groups in total. The summed E-state index contributed by atoms with van der Waals surface area (Å²) in [5, 5.41) is 7.00. The molecule has 0 radical (unpaired) electrons. The van der Waals surface area contributed by atoms with Gasteiger partial charge in [-0.1, -0.05) is 0 Å². The van der Waals surface area contributed by atoms with Gasteiger partial charge in [-0.3, -0.25) is 0 Å². The predicted octanol–water partition coefficient (Wildman–Crippen LogP) is 0.0987. The molecule has 9 heavy (non-hydrogen) atoms. The number of rotatable bonds is 0. The van der Waals surface area contributed by atoms with Crippen LogP contribution in [0.2, 0.25) is 0 Å². The van der Waals surface area contributed by atoms with E-state index < -0.39 is 0 Å². The van der Waals surface area contributed by atoms with Crippen LogP contribution in [0.1, 0.15) is 20.3 Å². The molecular weight excluding hydrogens is 112 g/mol. The van der Waals surface area contributed by atoms with E-state index in [4.69, 9.17) is 0 Å². The fourth-order valence-corrected chi connectivity index (χ4v) is 1.70. The van der Waals surface area contributed by atoms with Crippen LogP contribution in [-0.2, 0) is 0 Å². The molecule has 3 aliphatic heterocycles. The molecule has 3 fully saturated rings. The third kappa shape index (κ3) is 0.700. The molecule has 0 aromatic carbocycles. The van der Waals surface area contributed by atoms with Crippen molar-refractivity contribution in [2.45, 2.75) is 37.9 Å². The molecule has 2 atom stereocenters. The molecule has 0 aromatic heterocycles. The lowest BCUT2D eigenvalue weighted by Crippen LogP contribution is -2.75. The van der Waals surface area contributed by atoms with Crippen LogP contribution >= 0.6 is 0 Å². The molecule has 52 valence electrons. The second-order valence-electron chi connectivity index (χ2n) is 3.75. The molecule has 2 bridgehead atoms. The van der Waals surface area contributed by atoms with Gasteiger partial charge in [-0.2, -0.15) is 0 Å². The van der Waals surface area contributed by atoms with Crippen LogP contribution in [0.3, 0.4) is 0 Å². The Bertz CT molecular complexity index is 122. The first-order valence-corrected chi connectivity index (χ1v) is 3.69. The van der Waals surface area contributed by atoms with Crippen LogP contribution < -0.4 is 10.6 Å². The van der Waals surface area contributed by atoms with Gasteiger partial charge in [0, 0.05) is 24.2 Å². The molecule has 3 heterocycles. The van der Waals surface area contributed by atoms with Crippen LogP contribution in [0.25, 0.3) is 0 Å². The summed E-state index contributed by atoms with van der Waals surface area (Å²) in [7, 11) is 0. The Labute approximate surface area is 56.0 Å². The van der Waals surface area contributed by atoms with Gasteiger partial charge in [0.25, 0.3) is 0 Å². The van der Waals surface area contributed by atoms with Crippen molar-refractivity contribution in [2.75, 3.05) is 6.54 Å². The molecular formula is C7H14N2. The zero-order chi connectivity index (χ0) is 6.48. The van der Waals surface area contributed by atoms with Gasteiger partial charge in [-0.15, -0.1) is 0 Å². The average Bonchev–Trinajstić information content (AvgIpc) is 1.58. The number of hydrogen-bond acceptors (Lipinski definition) is 2. The Balaban J connectivity index is 2.10. The number of fused-ring (bicyclic) bond motifs is 2. The second kappa shape index (κ2) is 1.50. The van der Waals surface area contributed by atoms with Gasteiger partial charge in [0.05, 0.1) is 0 Å². The zero-order valence-corrected chi connectivity index (χ0v) is 6.07. The van der Waals surface area contributed by atoms with Crippen LogP contribution in [0, 0.1) is 0 Å². The highest BCUT2D eigenvalue weighted by molar-refractivity contribution is 5.07. The summed E-state index contributed by atoms with van der Waals surface area (Å²) >= 11 is 0. The van der Waals surface area contributed by atoms with E-state index >= 15 is 0 Å². The maximum Gasteiger partial charge on any atom is 0.0279 e. The molecule has 3 aliphatic rings. The summed E-state index contributed by atoms with van der Waals surface area (Å²) in [6, 6.07) is 1.51. The van der Waals surface area contributed by atoms with Gasteiger partial charge in [0.1, 0.15) is 0 Å². The highest BCUT2D eigenvalue weighted by Crippen LogP contribution is 2.27. The van der Waals surface area contributed by atoms with Crippen molar-refractivity contribution in [1.29, 1.82) is 0 Å². The molecule has 0 amide bonds. The fourth-order valence-electron chi connectivity index (χ4n) is 1.70. The average molecular weight is 126 g/mol. The van der Waals surface area contributed by atoms with E-state index in [0.29, 0.717) is 5.54 Å². The second-order valence-corrected chi connectivity index (χ2v) is 3.75. The minimum atomic E-state index is 0.342. The fraction of sp³-hybridized carbons (Fsp3) is 1.00. The number of nitrogens with one attached hydrogen (secondary N) is 2. The molecule has 2 nitrogen and oxygen atoms in total. The lowest BCUT2D eigenvalue weighted by atomic mass is 9.78. The Hall–Kier alpha value is -0.0800. The monoisotopic (exact) mass is 126 g/mol.